The average Bonchev–Trinajstić information content (AvgIpc) is 2.13. The molecule has 1 aromatic rings. The maximum absolute atomic E-state index is 6.01. The molecule has 3 nitrogen and oxygen atoms in total. The Balaban J connectivity index is 3.09. The maximum atomic E-state index is 6.01. The van der Waals surface area contributed by atoms with E-state index in [2.05, 4.69) is 4.84 Å². The third kappa shape index (κ3) is 2.34. The van der Waals surface area contributed by atoms with E-state index in [9.17, 15) is 0 Å². The number of methoxy groups -OCH3 is 1. The van der Waals surface area contributed by atoms with Gasteiger partial charge in [0.1, 0.15) is 5.75 Å². The van der Waals surface area contributed by atoms with Gasteiger partial charge in [0.25, 0.3) is 0 Å². The second kappa shape index (κ2) is 4.46. The summed E-state index contributed by atoms with van der Waals surface area (Å²) in [5.74, 6) is 5.73. The Hall–Kier alpha value is -0.770. The lowest BCUT2D eigenvalue weighted by Crippen LogP contribution is -2.00. The van der Waals surface area contributed by atoms with Crippen LogP contribution in [0.3, 0.4) is 0 Å². The summed E-state index contributed by atoms with van der Waals surface area (Å²) in [6.07, 6.45) is 0. The van der Waals surface area contributed by atoms with E-state index in [0.717, 1.165) is 16.9 Å². The fraction of sp³-hybridized carbons (Fsp3) is 0.333. The molecule has 0 atom stereocenters. The molecule has 0 aliphatic heterocycles. The van der Waals surface area contributed by atoms with Crippen LogP contribution in [0.4, 0.5) is 0 Å². The van der Waals surface area contributed by atoms with Crippen LogP contribution in [0.5, 0.6) is 5.75 Å². The molecule has 0 fully saturated rings. The first-order valence-corrected chi connectivity index (χ1v) is 4.21. The largest absolute Gasteiger partial charge is 0.497 e. The van der Waals surface area contributed by atoms with Crippen molar-refractivity contribution in [2.45, 2.75) is 13.5 Å². The second-order valence-corrected chi connectivity index (χ2v) is 3.11. The van der Waals surface area contributed by atoms with Crippen molar-refractivity contribution in [1.82, 2.24) is 0 Å². The van der Waals surface area contributed by atoms with Crippen LogP contribution in [-0.2, 0) is 11.4 Å². The van der Waals surface area contributed by atoms with Gasteiger partial charge in [-0.25, -0.2) is 5.90 Å². The van der Waals surface area contributed by atoms with Crippen LogP contribution in [0.2, 0.25) is 5.02 Å². The van der Waals surface area contributed by atoms with Gasteiger partial charge in [-0.1, -0.05) is 11.6 Å². The highest BCUT2D eigenvalue weighted by Crippen LogP contribution is 2.26. The van der Waals surface area contributed by atoms with E-state index in [0.29, 0.717) is 5.02 Å². The number of rotatable bonds is 3. The highest BCUT2D eigenvalue weighted by atomic mass is 35.5. The van der Waals surface area contributed by atoms with E-state index in [1.54, 1.807) is 7.11 Å². The molecule has 0 aliphatic carbocycles. The zero-order valence-corrected chi connectivity index (χ0v) is 8.39. The molecule has 4 heteroatoms. The number of hydrogen-bond donors (Lipinski definition) is 1. The molecule has 0 amide bonds. The molecule has 0 heterocycles. The van der Waals surface area contributed by atoms with Crippen LogP contribution in [0.25, 0.3) is 0 Å². The lowest BCUT2D eigenvalue weighted by molar-refractivity contribution is 0.124. The Morgan fingerprint density at radius 2 is 2.15 bits per heavy atom. The average molecular weight is 202 g/mol. The van der Waals surface area contributed by atoms with Gasteiger partial charge in [0.15, 0.2) is 0 Å². The van der Waals surface area contributed by atoms with Crippen molar-refractivity contribution in [2.75, 3.05) is 7.11 Å². The second-order valence-electron chi connectivity index (χ2n) is 2.73. The zero-order valence-electron chi connectivity index (χ0n) is 7.63. The monoisotopic (exact) mass is 201 g/mol. The zero-order chi connectivity index (χ0) is 9.84. The molecular weight excluding hydrogens is 190 g/mol. The predicted molar refractivity (Wildman–Crippen MR) is 51.7 cm³/mol. The molecule has 13 heavy (non-hydrogen) atoms. The summed E-state index contributed by atoms with van der Waals surface area (Å²) in [4.78, 5) is 4.52. The van der Waals surface area contributed by atoms with Crippen molar-refractivity contribution >= 4 is 11.6 Å². The summed E-state index contributed by atoms with van der Waals surface area (Å²) < 4.78 is 5.08. The fourth-order valence-electron chi connectivity index (χ4n) is 1.12. The molecule has 0 saturated carbocycles. The van der Waals surface area contributed by atoms with Crippen LogP contribution < -0.4 is 10.6 Å². The highest BCUT2D eigenvalue weighted by Gasteiger charge is 2.06. The first-order valence-electron chi connectivity index (χ1n) is 3.83. The van der Waals surface area contributed by atoms with E-state index in [1.807, 2.05) is 19.1 Å². The number of hydrogen-bond acceptors (Lipinski definition) is 3. The minimum Gasteiger partial charge on any atom is -0.497 e. The molecule has 1 rings (SSSR count). The van der Waals surface area contributed by atoms with Gasteiger partial charge in [-0.3, -0.25) is 4.84 Å². The molecule has 0 radical (unpaired) electrons. The molecule has 1 aromatic carbocycles. The van der Waals surface area contributed by atoms with E-state index in [4.69, 9.17) is 22.2 Å². The van der Waals surface area contributed by atoms with Crippen LogP contribution in [0, 0.1) is 6.92 Å². The van der Waals surface area contributed by atoms with Crippen LogP contribution in [0.1, 0.15) is 11.1 Å². The van der Waals surface area contributed by atoms with Gasteiger partial charge >= 0.3 is 0 Å². The van der Waals surface area contributed by atoms with Gasteiger partial charge in [0.2, 0.25) is 0 Å². The highest BCUT2D eigenvalue weighted by molar-refractivity contribution is 6.32. The van der Waals surface area contributed by atoms with Crippen molar-refractivity contribution in [3.8, 4) is 5.75 Å². The molecule has 0 bridgehead atoms. The first kappa shape index (κ1) is 10.3. The van der Waals surface area contributed by atoms with Crippen molar-refractivity contribution in [2.24, 2.45) is 5.90 Å². The topological polar surface area (TPSA) is 44.5 Å². The van der Waals surface area contributed by atoms with E-state index < -0.39 is 0 Å². The van der Waals surface area contributed by atoms with E-state index in [-0.39, 0.29) is 6.61 Å². The van der Waals surface area contributed by atoms with Crippen molar-refractivity contribution in [1.29, 1.82) is 0 Å². The van der Waals surface area contributed by atoms with Gasteiger partial charge in [0, 0.05) is 10.6 Å². The Morgan fingerprint density at radius 3 is 2.69 bits per heavy atom. The Morgan fingerprint density at radius 1 is 1.46 bits per heavy atom. The number of aryl methyl sites for hydroxylation is 1. The van der Waals surface area contributed by atoms with Crippen molar-refractivity contribution in [3.63, 3.8) is 0 Å². The number of halogens is 1. The number of benzene rings is 1. The molecule has 0 aliphatic rings. The summed E-state index contributed by atoms with van der Waals surface area (Å²) in [5, 5.41) is 0.672. The molecule has 0 unspecified atom stereocenters. The van der Waals surface area contributed by atoms with Gasteiger partial charge in [0.05, 0.1) is 13.7 Å². The fourth-order valence-corrected chi connectivity index (χ4v) is 1.28. The summed E-state index contributed by atoms with van der Waals surface area (Å²) >= 11 is 6.01. The lowest BCUT2D eigenvalue weighted by Gasteiger charge is -2.08. The Kier molecular flexibility index (Phi) is 3.54. The van der Waals surface area contributed by atoms with Crippen LogP contribution in [-0.4, -0.2) is 7.11 Å². The minimum atomic E-state index is 0.289. The lowest BCUT2D eigenvalue weighted by atomic mass is 10.1. The van der Waals surface area contributed by atoms with E-state index in [1.165, 1.54) is 0 Å². The molecular formula is C9H12ClNO2. The predicted octanol–water partition coefficient (Wildman–Crippen LogP) is 2.05. The van der Waals surface area contributed by atoms with Crippen LogP contribution >= 0.6 is 11.6 Å². The number of nitrogens with two attached hydrogens (primary N) is 1. The van der Waals surface area contributed by atoms with E-state index >= 15 is 0 Å². The molecule has 0 saturated heterocycles. The SMILES string of the molecule is COc1cc(C)c(Cl)c(CON)c1. The van der Waals surface area contributed by atoms with Gasteiger partial charge in [-0.05, 0) is 24.6 Å². The molecule has 0 aromatic heterocycles. The third-order valence-electron chi connectivity index (χ3n) is 1.78. The summed E-state index contributed by atoms with van der Waals surface area (Å²) in [6, 6.07) is 3.67. The van der Waals surface area contributed by atoms with Gasteiger partial charge in [-0.15, -0.1) is 0 Å². The first-order chi connectivity index (χ1) is 6.19. The standard InChI is InChI=1S/C9H12ClNO2/c1-6-3-8(12-2)4-7(5-13-11)9(6)10/h3-4H,5,11H2,1-2H3. The number of ether oxygens (including phenoxy) is 1. The molecule has 2 N–H and O–H groups in total. The summed E-state index contributed by atoms with van der Waals surface area (Å²) in [6.45, 7) is 2.20. The van der Waals surface area contributed by atoms with Gasteiger partial charge < -0.3 is 4.74 Å². The maximum Gasteiger partial charge on any atom is 0.119 e. The Bertz CT molecular complexity index is 302. The summed E-state index contributed by atoms with van der Waals surface area (Å²) in [7, 11) is 1.61. The minimum absolute atomic E-state index is 0.289. The third-order valence-corrected chi connectivity index (χ3v) is 2.32. The summed E-state index contributed by atoms with van der Waals surface area (Å²) in [5.41, 5.74) is 1.79. The normalized spacial score (nSPS) is 10.2. The van der Waals surface area contributed by atoms with Crippen LogP contribution in [0.15, 0.2) is 12.1 Å². The molecule has 0 spiro atoms. The van der Waals surface area contributed by atoms with Gasteiger partial charge in [-0.2, -0.15) is 0 Å². The Labute approximate surface area is 82.4 Å². The molecule has 72 valence electrons. The van der Waals surface area contributed by atoms with Crippen molar-refractivity contribution < 1.29 is 9.57 Å². The quantitative estimate of drug-likeness (QED) is 0.762. The smallest absolute Gasteiger partial charge is 0.119 e. The van der Waals surface area contributed by atoms with Crippen molar-refractivity contribution in [3.05, 3.63) is 28.3 Å².